The van der Waals surface area contributed by atoms with Gasteiger partial charge in [0.15, 0.2) is 0 Å². The quantitative estimate of drug-likeness (QED) is 0.705. The summed E-state index contributed by atoms with van der Waals surface area (Å²) in [7, 11) is -3.14. The van der Waals surface area contributed by atoms with Crippen LogP contribution in [-0.2, 0) is 10.0 Å². The summed E-state index contributed by atoms with van der Waals surface area (Å²) in [5, 5.41) is 3.22. The molecule has 1 unspecified atom stereocenters. The molecule has 4 nitrogen and oxygen atoms in total. The summed E-state index contributed by atoms with van der Waals surface area (Å²) < 4.78 is 38.9. The lowest BCUT2D eigenvalue weighted by atomic mass is 10.1. The number of hydrogen-bond acceptors (Lipinski definition) is 3. The minimum atomic E-state index is -3.14. The standard InChI is InChI=1S/C14H22BrFN2O2S/c1-4-18(21(3,19)20)9-5-8-17-11(2)13-10-12(15)6-7-14(13)16/h6-7,10-11,17H,4-5,8-9H2,1-3H3. The van der Waals surface area contributed by atoms with Crippen LogP contribution in [-0.4, -0.2) is 38.6 Å². The van der Waals surface area contributed by atoms with Gasteiger partial charge >= 0.3 is 0 Å². The van der Waals surface area contributed by atoms with E-state index in [0.29, 0.717) is 31.6 Å². The van der Waals surface area contributed by atoms with Crippen LogP contribution in [0.25, 0.3) is 0 Å². The van der Waals surface area contributed by atoms with E-state index in [4.69, 9.17) is 0 Å². The molecule has 0 aliphatic carbocycles. The topological polar surface area (TPSA) is 49.4 Å². The van der Waals surface area contributed by atoms with Crippen molar-refractivity contribution in [2.24, 2.45) is 0 Å². The first-order chi connectivity index (χ1) is 9.75. The maximum atomic E-state index is 13.7. The second kappa shape index (κ2) is 8.22. The molecule has 7 heteroatoms. The summed E-state index contributed by atoms with van der Waals surface area (Å²) in [4.78, 5) is 0. The molecule has 1 aromatic carbocycles. The predicted octanol–water partition coefficient (Wildman–Crippen LogP) is 2.91. The van der Waals surface area contributed by atoms with Crippen molar-refractivity contribution in [3.63, 3.8) is 0 Å². The maximum absolute atomic E-state index is 13.7. The number of hydrogen-bond donors (Lipinski definition) is 1. The smallest absolute Gasteiger partial charge is 0.211 e. The van der Waals surface area contributed by atoms with E-state index in [1.54, 1.807) is 12.1 Å². The highest BCUT2D eigenvalue weighted by molar-refractivity contribution is 9.10. The zero-order valence-corrected chi connectivity index (χ0v) is 15.0. The summed E-state index contributed by atoms with van der Waals surface area (Å²) >= 11 is 3.33. The molecule has 0 bridgehead atoms. The lowest BCUT2D eigenvalue weighted by Gasteiger charge is -2.19. The van der Waals surface area contributed by atoms with E-state index in [-0.39, 0.29) is 11.9 Å². The second-order valence-electron chi connectivity index (χ2n) is 4.95. The number of halogens is 2. The van der Waals surface area contributed by atoms with Crippen molar-refractivity contribution < 1.29 is 12.8 Å². The van der Waals surface area contributed by atoms with Crippen LogP contribution in [0.5, 0.6) is 0 Å². The fourth-order valence-electron chi connectivity index (χ4n) is 2.09. The fraction of sp³-hybridized carbons (Fsp3) is 0.571. The summed E-state index contributed by atoms with van der Waals surface area (Å²) in [5.41, 5.74) is 0.597. The van der Waals surface area contributed by atoms with Crippen LogP contribution in [0.3, 0.4) is 0 Å². The largest absolute Gasteiger partial charge is 0.310 e. The normalized spacial score (nSPS) is 13.6. The molecule has 1 N–H and O–H groups in total. The summed E-state index contributed by atoms with van der Waals surface area (Å²) in [6.07, 6.45) is 1.89. The highest BCUT2D eigenvalue weighted by Crippen LogP contribution is 2.21. The molecule has 1 atom stereocenters. The SMILES string of the molecule is CCN(CCCNC(C)c1cc(Br)ccc1F)S(C)(=O)=O. The van der Waals surface area contributed by atoms with Gasteiger partial charge in [-0.1, -0.05) is 22.9 Å². The average Bonchev–Trinajstić information content (AvgIpc) is 2.39. The molecule has 120 valence electrons. The third-order valence-electron chi connectivity index (χ3n) is 3.28. The summed E-state index contributed by atoms with van der Waals surface area (Å²) in [5.74, 6) is -0.246. The van der Waals surface area contributed by atoms with Crippen molar-refractivity contribution in [3.8, 4) is 0 Å². The van der Waals surface area contributed by atoms with E-state index in [2.05, 4.69) is 21.2 Å². The Morgan fingerprint density at radius 2 is 2.10 bits per heavy atom. The van der Waals surface area contributed by atoms with E-state index in [1.807, 2.05) is 13.8 Å². The fourth-order valence-corrected chi connectivity index (χ4v) is 3.40. The first-order valence-corrected chi connectivity index (χ1v) is 9.53. The molecule has 0 amide bonds. The number of nitrogens with one attached hydrogen (secondary N) is 1. The number of nitrogens with zero attached hydrogens (tertiary/aromatic N) is 1. The van der Waals surface area contributed by atoms with Gasteiger partial charge in [0.25, 0.3) is 0 Å². The van der Waals surface area contributed by atoms with Gasteiger partial charge in [0.1, 0.15) is 5.82 Å². The molecule has 21 heavy (non-hydrogen) atoms. The van der Waals surface area contributed by atoms with Gasteiger partial charge in [-0.3, -0.25) is 0 Å². The molecule has 0 aromatic heterocycles. The minimum absolute atomic E-state index is 0.129. The van der Waals surface area contributed by atoms with Crippen LogP contribution in [0.4, 0.5) is 4.39 Å². The predicted molar refractivity (Wildman–Crippen MR) is 87.2 cm³/mol. The van der Waals surface area contributed by atoms with Gasteiger partial charge in [0.05, 0.1) is 6.26 Å². The first-order valence-electron chi connectivity index (χ1n) is 6.89. The lowest BCUT2D eigenvalue weighted by molar-refractivity contribution is 0.412. The lowest BCUT2D eigenvalue weighted by Crippen LogP contribution is -2.32. The van der Waals surface area contributed by atoms with E-state index < -0.39 is 10.0 Å². The molecule has 0 heterocycles. The third kappa shape index (κ3) is 6.02. The maximum Gasteiger partial charge on any atom is 0.211 e. The van der Waals surface area contributed by atoms with Gasteiger partial charge in [-0.15, -0.1) is 0 Å². The van der Waals surface area contributed by atoms with E-state index in [9.17, 15) is 12.8 Å². The first kappa shape index (κ1) is 18.5. The Morgan fingerprint density at radius 1 is 1.43 bits per heavy atom. The number of benzene rings is 1. The van der Waals surface area contributed by atoms with Crippen LogP contribution < -0.4 is 5.32 Å². The number of rotatable bonds is 8. The van der Waals surface area contributed by atoms with Gasteiger partial charge in [0.2, 0.25) is 10.0 Å². The third-order valence-corrected chi connectivity index (χ3v) is 5.15. The Labute approximate surface area is 134 Å². The molecule has 0 aliphatic rings. The van der Waals surface area contributed by atoms with Crippen molar-refractivity contribution in [2.45, 2.75) is 26.3 Å². The Balaban J connectivity index is 2.47. The van der Waals surface area contributed by atoms with Crippen LogP contribution in [0.1, 0.15) is 31.9 Å². The van der Waals surface area contributed by atoms with Gasteiger partial charge < -0.3 is 5.32 Å². The van der Waals surface area contributed by atoms with Crippen molar-refractivity contribution in [3.05, 3.63) is 34.1 Å². The molecular formula is C14H22BrFN2O2S. The van der Waals surface area contributed by atoms with Crippen LogP contribution >= 0.6 is 15.9 Å². The van der Waals surface area contributed by atoms with Crippen molar-refractivity contribution in [1.82, 2.24) is 9.62 Å². The summed E-state index contributed by atoms with van der Waals surface area (Å²) in [6.45, 7) is 5.26. The molecule has 0 aliphatic heterocycles. The Hall–Kier alpha value is -0.500. The van der Waals surface area contributed by atoms with E-state index >= 15 is 0 Å². The Kier molecular flexibility index (Phi) is 7.26. The second-order valence-corrected chi connectivity index (χ2v) is 7.85. The number of sulfonamides is 1. The van der Waals surface area contributed by atoms with Gasteiger partial charge in [0, 0.05) is 29.2 Å². The highest BCUT2D eigenvalue weighted by atomic mass is 79.9. The van der Waals surface area contributed by atoms with Crippen LogP contribution in [0, 0.1) is 5.82 Å². The van der Waals surface area contributed by atoms with Crippen LogP contribution in [0.2, 0.25) is 0 Å². The molecule has 1 rings (SSSR count). The average molecular weight is 381 g/mol. The monoisotopic (exact) mass is 380 g/mol. The van der Waals surface area contributed by atoms with E-state index in [1.165, 1.54) is 16.6 Å². The van der Waals surface area contributed by atoms with Crippen LogP contribution in [0.15, 0.2) is 22.7 Å². The summed E-state index contributed by atoms with van der Waals surface area (Å²) in [6, 6.07) is 4.72. The Morgan fingerprint density at radius 3 is 2.67 bits per heavy atom. The molecule has 0 radical (unpaired) electrons. The molecule has 0 spiro atoms. The molecular weight excluding hydrogens is 359 g/mol. The van der Waals surface area contributed by atoms with Gasteiger partial charge in [-0.2, -0.15) is 0 Å². The molecule has 0 saturated carbocycles. The van der Waals surface area contributed by atoms with Crippen molar-refractivity contribution in [2.75, 3.05) is 25.9 Å². The zero-order valence-electron chi connectivity index (χ0n) is 12.6. The zero-order chi connectivity index (χ0) is 16.0. The van der Waals surface area contributed by atoms with Gasteiger partial charge in [-0.25, -0.2) is 17.1 Å². The van der Waals surface area contributed by atoms with E-state index in [0.717, 1.165) is 4.47 Å². The van der Waals surface area contributed by atoms with Crippen molar-refractivity contribution in [1.29, 1.82) is 0 Å². The highest BCUT2D eigenvalue weighted by Gasteiger charge is 2.14. The Bertz CT molecular complexity index is 566. The minimum Gasteiger partial charge on any atom is -0.310 e. The molecule has 0 saturated heterocycles. The van der Waals surface area contributed by atoms with Gasteiger partial charge in [-0.05, 0) is 38.1 Å². The molecule has 0 fully saturated rings. The molecule has 1 aromatic rings. The van der Waals surface area contributed by atoms with Crippen molar-refractivity contribution >= 4 is 26.0 Å².